The van der Waals surface area contributed by atoms with Crippen molar-refractivity contribution in [1.82, 2.24) is 16.4 Å². The van der Waals surface area contributed by atoms with Gasteiger partial charge in [0.25, 0.3) is 10.1 Å². The normalized spacial score (nSPS) is 15.1. The topological polar surface area (TPSA) is 90.5 Å². The molecule has 18 heavy (non-hydrogen) atoms. The van der Waals surface area contributed by atoms with Crippen molar-refractivity contribution in [3.8, 4) is 0 Å². The Morgan fingerprint density at radius 3 is 1.78 bits per heavy atom. The highest BCUT2D eigenvalue weighted by atomic mass is 32.2. The van der Waals surface area contributed by atoms with E-state index in [0.29, 0.717) is 11.1 Å². The van der Waals surface area contributed by atoms with Gasteiger partial charge < -0.3 is 0 Å². The fourth-order valence-electron chi connectivity index (χ4n) is 1.89. The van der Waals surface area contributed by atoms with Crippen molar-refractivity contribution in [2.24, 2.45) is 0 Å². The molecule has 0 amide bonds. The molecule has 0 saturated carbocycles. The van der Waals surface area contributed by atoms with Crippen LogP contribution in [0.25, 0.3) is 0 Å². The van der Waals surface area contributed by atoms with Crippen LogP contribution in [0.2, 0.25) is 0 Å². The smallest absolute Gasteiger partial charge is 0.282 e. The van der Waals surface area contributed by atoms with Crippen molar-refractivity contribution in [2.75, 3.05) is 13.1 Å². The van der Waals surface area contributed by atoms with Gasteiger partial charge in [-0.3, -0.25) is 4.55 Å². The summed E-state index contributed by atoms with van der Waals surface area (Å²) in [5.41, 5.74) is 10.6. The third-order valence-electron chi connectivity index (χ3n) is 2.41. The molecule has 1 fully saturated rings. The largest absolute Gasteiger partial charge is 0.295 e. The molecule has 1 aromatic carbocycles. The van der Waals surface area contributed by atoms with Crippen LogP contribution >= 0.6 is 0 Å². The molecule has 1 saturated heterocycles. The standard InChI is InChI=1S/C9H12O3S.C2H7N3/c1-6-4-7(2)9(8(3)5-6)13(10,11)12;1-2-4-5-3-1/h4-5H,1-3H3,(H,10,11,12);3-5H,1-2H2. The second-order valence-electron chi connectivity index (χ2n) is 4.18. The van der Waals surface area contributed by atoms with E-state index in [2.05, 4.69) is 16.4 Å². The molecule has 1 aliphatic heterocycles. The van der Waals surface area contributed by atoms with E-state index in [-0.39, 0.29) is 4.90 Å². The van der Waals surface area contributed by atoms with Gasteiger partial charge in [0.2, 0.25) is 0 Å². The van der Waals surface area contributed by atoms with Gasteiger partial charge in [0.15, 0.2) is 0 Å². The Labute approximate surface area is 107 Å². The molecule has 1 aromatic rings. The van der Waals surface area contributed by atoms with Gasteiger partial charge in [-0.25, -0.2) is 10.9 Å². The highest BCUT2D eigenvalue weighted by molar-refractivity contribution is 7.86. The average Bonchev–Trinajstić information content (AvgIpc) is 2.69. The molecule has 2 rings (SSSR count). The summed E-state index contributed by atoms with van der Waals surface area (Å²) in [4.78, 5) is 0.0260. The van der Waals surface area contributed by atoms with Crippen LogP contribution in [0, 0.1) is 20.8 Å². The van der Waals surface area contributed by atoms with Crippen molar-refractivity contribution < 1.29 is 13.0 Å². The minimum Gasteiger partial charge on any atom is -0.282 e. The van der Waals surface area contributed by atoms with Gasteiger partial charge in [0, 0.05) is 13.1 Å². The van der Waals surface area contributed by atoms with Crippen LogP contribution in [0.3, 0.4) is 0 Å². The summed E-state index contributed by atoms with van der Waals surface area (Å²) in [6.07, 6.45) is 0. The molecule has 1 aliphatic rings. The van der Waals surface area contributed by atoms with E-state index < -0.39 is 10.1 Å². The predicted octanol–water partition coefficient (Wildman–Crippen LogP) is 0.457. The molecule has 0 aliphatic carbocycles. The zero-order valence-electron chi connectivity index (χ0n) is 10.7. The molecular formula is C11H19N3O3S. The number of hydrogen-bond acceptors (Lipinski definition) is 5. The molecule has 7 heteroatoms. The molecule has 0 aromatic heterocycles. The highest BCUT2D eigenvalue weighted by Crippen LogP contribution is 2.20. The SMILES string of the molecule is C1CNNN1.Cc1cc(C)c(S(=O)(=O)O)c(C)c1. The molecule has 102 valence electrons. The summed E-state index contributed by atoms with van der Waals surface area (Å²) < 4.78 is 30.8. The number of hydrazine groups is 2. The van der Waals surface area contributed by atoms with Gasteiger partial charge in [-0.1, -0.05) is 17.7 Å². The maximum absolute atomic E-state index is 10.9. The summed E-state index contributed by atoms with van der Waals surface area (Å²) in [6.45, 7) is 7.28. The first-order chi connectivity index (χ1) is 8.32. The van der Waals surface area contributed by atoms with Crippen molar-refractivity contribution in [3.63, 3.8) is 0 Å². The zero-order valence-corrected chi connectivity index (χ0v) is 11.6. The highest BCUT2D eigenvalue weighted by Gasteiger charge is 2.15. The van der Waals surface area contributed by atoms with Crippen LogP contribution in [-0.4, -0.2) is 26.1 Å². The van der Waals surface area contributed by atoms with Gasteiger partial charge in [-0.15, -0.1) is 0 Å². The van der Waals surface area contributed by atoms with Crippen molar-refractivity contribution in [3.05, 3.63) is 28.8 Å². The van der Waals surface area contributed by atoms with Crippen LogP contribution in [0.1, 0.15) is 16.7 Å². The van der Waals surface area contributed by atoms with Crippen LogP contribution in [0.5, 0.6) is 0 Å². The molecule has 4 N–H and O–H groups in total. The minimum atomic E-state index is -4.08. The van der Waals surface area contributed by atoms with E-state index in [4.69, 9.17) is 4.55 Å². The van der Waals surface area contributed by atoms with Crippen LogP contribution in [0.4, 0.5) is 0 Å². The lowest BCUT2D eigenvalue weighted by Gasteiger charge is -2.07. The summed E-state index contributed by atoms with van der Waals surface area (Å²) in [5, 5.41) is 0. The van der Waals surface area contributed by atoms with Gasteiger partial charge in [-0.2, -0.15) is 14.0 Å². The first kappa shape index (κ1) is 15.1. The predicted molar refractivity (Wildman–Crippen MR) is 69.6 cm³/mol. The fraction of sp³-hybridized carbons (Fsp3) is 0.455. The second-order valence-corrected chi connectivity index (χ2v) is 5.54. The minimum absolute atomic E-state index is 0.0260. The fourth-order valence-corrected chi connectivity index (χ4v) is 2.82. The Kier molecular flexibility index (Phi) is 5.24. The summed E-state index contributed by atoms with van der Waals surface area (Å²) in [7, 11) is -4.08. The van der Waals surface area contributed by atoms with Gasteiger partial charge in [0.05, 0.1) is 4.90 Å². The lowest BCUT2D eigenvalue weighted by atomic mass is 10.1. The number of rotatable bonds is 1. The second kappa shape index (κ2) is 6.26. The monoisotopic (exact) mass is 273 g/mol. The Balaban J connectivity index is 0.000000269. The van der Waals surface area contributed by atoms with E-state index in [1.54, 1.807) is 26.0 Å². The maximum atomic E-state index is 10.9. The third-order valence-corrected chi connectivity index (χ3v) is 3.57. The Morgan fingerprint density at radius 1 is 1.06 bits per heavy atom. The van der Waals surface area contributed by atoms with Gasteiger partial charge in [-0.05, 0) is 31.9 Å². The van der Waals surface area contributed by atoms with E-state index in [1.807, 2.05) is 6.92 Å². The van der Waals surface area contributed by atoms with E-state index >= 15 is 0 Å². The first-order valence-corrected chi connectivity index (χ1v) is 7.02. The number of nitrogens with one attached hydrogen (secondary N) is 3. The van der Waals surface area contributed by atoms with E-state index in [1.165, 1.54) is 0 Å². The lowest BCUT2D eigenvalue weighted by Crippen LogP contribution is -2.29. The van der Waals surface area contributed by atoms with Gasteiger partial charge >= 0.3 is 0 Å². The Bertz CT molecular complexity index is 480. The maximum Gasteiger partial charge on any atom is 0.295 e. The number of hydrogen-bond donors (Lipinski definition) is 4. The van der Waals surface area contributed by atoms with Gasteiger partial charge in [0.1, 0.15) is 0 Å². The Morgan fingerprint density at radius 2 is 1.50 bits per heavy atom. The lowest BCUT2D eigenvalue weighted by molar-refractivity contribution is 0.482. The molecule has 0 bridgehead atoms. The molecular weight excluding hydrogens is 254 g/mol. The van der Waals surface area contributed by atoms with E-state index in [0.717, 1.165) is 18.7 Å². The van der Waals surface area contributed by atoms with Crippen LogP contribution < -0.4 is 16.4 Å². The van der Waals surface area contributed by atoms with Crippen LogP contribution in [0.15, 0.2) is 17.0 Å². The zero-order chi connectivity index (χ0) is 13.8. The van der Waals surface area contributed by atoms with Crippen molar-refractivity contribution in [2.45, 2.75) is 25.7 Å². The third kappa shape index (κ3) is 4.35. The molecule has 0 atom stereocenters. The van der Waals surface area contributed by atoms with Crippen molar-refractivity contribution >= 4 is 10.1 Å². The molecule has 6 nitrogen and oxygen atoms in total. The first-order valence-electron chi connectivity index (χ1n) is 5.58. The summed E-state index contributed by atoms with van der Waals surface area (Å²) >= 11 is 0. The molecule has 1 heterocycles. The summed E-state index contributed by atoms with van der Waals surface area (Å²) in [6, 6.07) is 3.46. The quantitative estimate of drug-likeness (QED) is 0.556. The summed E-state index contributed by atoms with van der Waals surface area (Å²) in [5.74, 6) is 0. The number of benzene rings is 1. The van der Waals surface area contributed by atoms with Crippen LogP contribution in [-0.2, 0) is 10.1 Å². The number of aryl methyl sites for hydroxylation is 3. The Hall–Kier alpha value is -0.990. The average molecular weight is 273 g/mol. The molecule has 0 spiro atoms. The van der Waals surface area contributed by atoms with E-state index in [9.17, 15) is 8.42 Å². The molecule has 0 radical (unpaired) electrons. The van der Waals surface area contributed by atoms with Crippen molar-refractivity contribution in [1.29, 1.82) is 0 Å². The molecule has 0 unspecified atom stereocenters.